The fourth-order valence-electron chi connectivity index (χ4n) is 2.33. The molecule has 1 aromatic rings. The normalized spacial score (nSPS) is 21.8. The van der Waals surface area contributed by atoms with Crippen LogP contribution < -0.4 is 15.4 Å². The van der Waals surface area contributed by atoms with Crippen molar-refractivity contribution in [1.82, 2.24) is 9.27 Å². The molecule has 0 aromatic carbocycles. The molecule has 2 rings (SSSR count). The highest BCUT2D eigenvalue weighted by atomic mass is 32.1. The molecule has 1 aromatic heterocycles. The maximum absolute atomic E-state index is 5.78. The fraction of sp³-hybridized carbons (Fsp3) is 0.727. The molecule has 1 fully saturated rings. The van der Waals surface area contributed by atoms with Gasteiger partial charge in [0, 0.05) is 25.7 Å². The Morgan fingerprint density at radius 2 is 2.29 bits per heavy atom. The van der Waals surface area contributed by atoms with Crippen LogP contribution in [0, 0.1) is 0 Å². The Hall–Kier alpha value is -1.01. The number of nitrogen functional groups attached to an aromatic ring is 1. The van der Waals surface area contributed by atoms with Gasteiger partial charge in [-0.3, -0.25) is 4.90 Å². The molecule has 1 atom stereocenters. The van der Waals surface area contributed by atoms with Gasteiger partial charge in [-0.25, -0.2) is 0 Å². The molecule has 0 saturated carbocycles. The molecular formula is C11H20N4OS. The van der Waals surface area contributed by atoms with Gasteiger partial charge in [0.05, 0.1) is 7.11 Å². The van der Waals surface area contributed by atoms with Gasteiger partial charge >= 0.3 is 0 Å². The van der Waals surface area contributed by atoms with Crippen molar-refractivity contribution >= 4 is 22.4 Å². The standard InChI is InChI=1S/C11H20N4OS/c1-4-14-5-6-15(7-8(14)2)11-9(16-3)10(12)13-17-11/h8H,4-7H2,1-3H3,(H2,12,13). The van der Waals surface area contributed by atoms with Crippen LogP contribution in [0.1, 0.15) is 13.8 Å². The number of hydrogen-bond donors (Lipinski definition) is 1. The third-order valence-corrected chi connectivity index (χ3v) is 4.22. The van der Waals surface area contributed by atoms with Crippen LogP contribution in [0.25, 0.3) is 0 Å². The second kappa shape index (κ2) is 5.10. The summed E-state index contributed by atoms with van der Waals surface area (Å²) in [5.74, 6) is 1.23. The van der Waals surface area contributed by atoms with E-state index in [0.29, 0.717) is 11.9 Å². The summed E-state index contributed by atoms with van der Waals surface area (Å²) in [6, 6.07) is 0.557. The molecule has 1 unspecified atom stereocenters. The summed E-state index contributed by atoms with van der Waals surface area (Å²) in [6.45, 7) is 8.67. The lowest BCUT2D eigenvalue weighted by Crippen LogP contribution is -2.51. The van der Waals surface area contributed by atoms with Crippen molar-refractivity contribution in [2.45, 2.75) is 19.9 Å². The number of aromatic nitrogens is 1. The van der Waals surface area contributed by atoms with E-state index in [1.165, 1.54) is 11.5 Å². The summed E-state index contributed by atoms with van der Waals surface area (Å²) in [4.78, 5) is 4.80. The molecule has 5 nitrogen and oxygen atoms in total. The molecule has 2 N–H and O–H groups in total. The molecule has 17 heavy (non-hydrogen) atoms. The summed E-state index contributed by atoms with van der Waals surface area (Å²) in [7, 11) is 1.65. The predicted molar refractivity (Wildman–Crippen MR) is 72.0 cm³/mol. The molecule has 0 bridgehead atoms. The van der Waals surface area contributed by atoms with Gasteiger partial charge in [-0.05, 0) is 25.0 Å². The average molecular weight is 256 g/mol. The van der Waals surface area contributed by atoms with Crippen LogP contribution in [0.2, 0.25) is 0 Å². The quantitative estimate of drug-likeness (QED) is 0.882. The minimum Gasteiger partial charge on any atom is -0.490 e. The smallest absolute Gasteiger partial charge is 0.197 e. The van der Waals surface area contributed by atoms with Crippen molar-refractivity contribution in [3.8, 4) is 5.75 Å². The zero-order valence-corrected chi connectivity index (χ0v) is 11.5. The lowest BCUT2D eigenvalue weighted by atomic mass is 10.2. The third kappa shape index (κ3) is 2.32. The van der Waals surface area contributed by atoms with E-state index in [2.05, 4.69) is 28.0 Å². The molecule has 0 aliphatic carbocycles. The van der Waals surface area contributed by atoms with E-state index in [-0.39, 0.29) is 0 Å². The first-order valence-corrected chi connectivity index (χ1v) is 6.72. The fourth-order valence-corrected chi connectivity index (χ4v) is 3.15. The van der Waals surface area contributed by atoms with E-state index in [4.69, 9.17) is 10.5 Å². The zero-order valence-electron chi connectivity index (χ0n) is 10.6. The second-order valence-corrected chi connectivity index (χ2v) is 5.08. The number of hydrogen-bond acceptors (Lipinski definition) is 6. The maximum Gasteiger partial charge on any atom is 0.197 e. The van der Waals surface area contributed by atoms with Crippen LogP contribution in [0.15, 0.2) is 0 Å². The van der Waals surface area contributed by atoms with Gasteiger partial charge in [-0.2, -0.15) is 4.37 Å². The van der Waals surface area contributed by atoms with E-state index >= 15 is 0 Å². The number of nitrogens with two attached hydrogens (primary N) is 1. The lowest BCUT2D eigenvalue weighted by Gasteiger charge is -2.39. The molecule has 1 saturated heterocycles. The number of likely N-dealkylation sites (N-methyl/N-ethyl adjacent to an activating group) is 1. The molecule has 0 amide bonds. The summed E-state index contributed by atoms with van der Waals surface area (Å²) in [5.41, 5.74) is 5.78. The molecule has 0 spiro atoms. The van der Waals surface area contributed by atoms with Gasteiger partial charge < -0.3 is 15.4 Å². The van der Waals surface area contributed by atoms with E-state index < -0.39 is 0 Å². The van der Waals surface area contributed by atoms with Gasteiger partial charge in [0.1, 0.15) is 0 Å². The summed E-state index contributed by atoms with van der Waals surface area (Å²) >= 11 is 1.43. The van der Waals surface area contributed by atoms with Gasteiger partial charge in [0.25, 0.3) is 0 Å². The van der Waals surface area contributed by atoms with Crippen molar-refractivity contribution in [3.63, 3.8) is 0 Å². The highest BCUT2D eigenvalue weighted by molar-refractivity contribution is 7.11. The number of rotatable bonds is 3. The van der Waals surface area contributed by atoms with Crippen LogP contribution in [0.4, 0.5) is 10.8 Å². The summed E-state index contributed by atoms with van der Waals surface area (Å²) in [6.07, 6.45) is 0. The lowest BCUT2D eigenvalue weighted by molar-refractivity contribution is 0.199. The maximum atomic E-state index is 5.78. The van der Waals surface area contributed by atoms with E-state index in [9.17, 15) is 0 Å². The van der Waals surface area contributed by atoms with Gasteiger partial charge in [0.15, 0.2) is 16.6 Å². The highest BCUT2D eigenvalue weighted by Crippen LogP contribution is 2.38. The molecule has 0 radical (unpaired) electrons. The molecule has 1 aliphatic rings. The van der Waals surface area contributed by atoms with E-state index in [1.54, 1.807) is 7.11 Å². The number of anilines is 2. The van der Waals surface area contributed by atoms with Crippen LogP contribution in [0.3, 0.4) is 0 Å². The minimum absolute atomic E-state index is 0.498. The predicted octanol–water partition coefficient (Wildman–Crippen LogP) is 1.26. The molecule has 2 heterocycles. The van der Waals surface area contributed by atoms with Crippen molar-refractivity contribution < 1.29 is 4.74 Å². The van der Waals surface area contributed by atoms with Gasteiger partial charge in [-0.15, -0.1) is 0 Å². The third-order valence-electron chi connectivity index (χ3n) is 3.32. The highest BCUT2D eigenvalue weighted by Gasteiger charge is 2.26. The average Bonchev–Trinajstić information content (AvgIpc) is 2.70. The molecule has 96 valence electrons. The number of methoxy groups -OCH3 is 1. The Morgan fingerprint density at radius 3 is 2.88 bits per heavy atom. The first kappa shape index (κ1) is 12.4. The van der Waals surface area contributed by atoms with Gasteiger partial charge in [-0.1, -0.05) is 6.92 Å². The Bertz CT molecular complexity index is 382. The summed E-state index contributed by atoms with van der Waals surface area (Å²) < 4.78 is 9.49. The van der Waals surface area contributed by atoms with E-state index in [1.807, 2.05) is 0 Å². The largest absolute Gasteiger partial charge is 0.490 e. The zero-order chi connectivity index (χ0) is 12.4. The molecular weight excluding hydrogens is 236 g/mol. The molecule has 6 heteroatoms. The SMILES string of the molecule is CCN1CCN(c2snc(N)c2OC)CC1C. The van der Waals surface area contributed by atoms with E-state index in [0.717, 1.165) is 36.9 Å². The number of nitrogens with zero attached hydrogens (tertiary/aromatic N) is 3. The van der Waals surface area contributed by atoms with Gasteiger partial charge in [0.2, 0.25) is 0 Å². The Kier molecular flexibility index (Phi) is 3.73. The van der Waals surface area contributed by atoms with Crippen molar-refractivity contribution in [1.29, 1.82) is 0 Å². The van der Waals surface area contributed by atoms with Crippen molar-refractivity contribution in [2.24, 2.45) is 0 Å². The van der Waals surface area contributed by atoms with Crippen LogP contribution in [-0.4, -0.2) is 48.6 Å². The Morgan fingerprint density at radius 1 is 1.53 bits per heavy atom. The summed E-state index contributed by atoms with van der Waals surface area (Å²) in [5, 5.41) is 1.06. The first-order valence-electron chi connectivity index (χ1n) is 5.95. The second-order valence-electron chi connectivity index (χ2n) is 4.33. The molecule has 1 aliphatic heterocycles. The first-order chi connectivity index (χ1) is 8.17. The monoisotopic (exact) mass is 256 g/mol. The number of piperazine rings is 1. The topological polar surface area (TPSA) is 54.6 Å². The van der Waals surface area contributed by atoms with Crippen molar-refractivity contribution in [2.75, 3.05) is 43.9 Å². The minimum atomic E-state index is 0.498. The van der Waals surface area contributed by atoms with Crippen LogP contribution in [-0.2, 0) is 0 Å². The van der Waals surface area contributed by atoms with Crippen LogP contribution >= 0.6 is 11.5 Å². The van der Waals surface area contributed by atoms with Crippen molar-refractivity contribution in [3.05, 3.63) is 0 Å². The van der Waals surface area contributed by atoms with Crippen LogP contribution in [0.5, 0.6) is 5.75 Å². The Labute approximate surface area is 106 Å². The number of ether oxygens (including phenoxy) is 1. The Balaban J connectivity index is 2.13.